The minimum absolute atomic E-state index is 0.558. The summed E-state index contributed by atoms with van der Waals surface area (Å²) in [7, 11) is 0. The normalized spacial score (nSPS) is 11.5. The predicted molar refractivity (Wildman–Crippen MR) is 63.6 cm³/mol. The van der Waals surface area contributed by atoms with Crippen molar-refractivity contribution in [1.82, 2.24) is 9.97 Å². The maximum Gasteiger partial charge on any atom is 0.126 e. The fourth-order valence-corrected chi connectivity index (χ4v) is 1.42. The van der Waals surface area contributed by atoms with E-state index in [-0.39, 0.29) is 0 Å². The Labute approximate surface area is 98.3 Å². The lowest BCUT2D eigenvalue weighted by Gasteiger charge is -2.00. The van der Waals surface area contributed by atoms with Gasteiger partial charge in [-0.2, -0.15) is 0 Å². The molecule has 0 unspecified atom stereocenters. The van der Waals surface area contributed by atoms with Crippen molar-refractivity contribution in [2.45, 2.75) is 0 Å². The first-order chi connectivity index (χ1) is 8.29. The molecule has 0 bridgehead atoms. The van der Waals surface area contributed by atoms with E-state index in [9.17, 15) is 4.39 Å². The Kier molecular flexibility index (Phi) is 3.57. The average Bonchev–Trinajstić information content (AvgIpc) is 2.40. The number of aliphatic hydroxyl groups is 1. The van der Waals surface area contributed by atoms with Crippen LogP contribution in [0.4, 0.5) is 4.39 Å². The quantitative estimate of drug-likeness (QED) is 0.880. The second kappa shape index (κ2) is 5.32. The van der Waals surface area contributed by atoms with Gasteiger partial charge in [-0.05, 0) is 11.6 Å². The fourth-order valence-electron chi connectivity index (χ4n) is 1.42. The second-order valence-corrected chi connectivity index (χ2v) is 3.46. The highest BCUT2D eigenvalue weighted by atomic mass is 19.1. The van der Waals surface area contributed by atoms with Gasteiger partial charge >= 0.3 is 0 Å². The molecule has 0 radical (unpaired) electrons. The minimum atomic E-state index is -0.577. The lowest BCUT2D eigenvalue weighted by molar-refractivity contribution is 0.300. The summed E-state index contributed by atoms with van der Waals surface area (Å²) in [5.41, 5.74) is 2.38. The largest absolute Gasteiger partial charge is 0.389 e. The van der Waals surface area contributed by atoms with E-state index in [2.05, 4.69) is 9.97 Å². The van der Waals surface area contributed by atoms with Crippen LogP contribution < -0.4 is 0 Å². The predicted octanol–water partition coefficient (Wildman–Crippen LogP) is 2.45. The third kappa shape index (κ3) is 2.95. The Morgan fingerprint density at radius 1 is 1.24 bits per heavy atom. The highest BCUT2D eigenvalue weighted by Crippen LogP contribution is 2.17. The van der Waals surface area contributed by atoms with Gasteiger partial charge in [-0.1, -0.05) is 24.3 Å². The van der Waals surface area contributed by atoms with E-state index in [1.807, 2.05) is 12.1 Å². The minimum Gasteiger partial charge on any atom is -0.389 e. The maximum atomic E-state index is 12.8. The van der Waals surface area contributed by atoms with E-state index < -0.39 is 12.4 Å². The van der Waals surface area contributed by atoms with Crippen molar-refractivity contribution in [1.29, 1.82) is 0 Å². The van der Waals surface area contributed by atoms with E-state index in [0.29, 0.717) is 5.56 Å². The Bertz CT molecular complexity index is 509. The summed E-state index contributed by atoms with van der Waals surface area (Å²) in [6.07, 6.45) is 6.19. The smallest absolute Gasteiger partial charge is 0.126 e. The summed E-state index contributed by atoms with van der Waals surface area (Å²) >= 11 is 0. The molecule has 0 fully saturated rings. The lowest BCUT2D eigenvalue weighted by atomic mass is 10.1. The van der Waals surface area contributed by atoms with Crippen LogP contribution in [0.15, 0.2) is 48.7 Å². The number of hydrogen-bond donors (Lipinski definition) is 1. The zero-order chi connectivity index (χ0) is 12.1. The first kappa shape index (κ1) is 11.4. The fraction of sp³-hybridized carbons (Fsp3) is 0.0769. The molecule has 1 aromatic heterocycles. The van der Waals surface area contributed by atoms with E-state index >= 15 is 0 Å². The maximum absolute atomic E-state index is 12.8. The zero-order valence-electron chi connectivity index (χ0n) is 9.05. The van der Waals surface area contributed by atoms with Crippen molar-refractivity contribution in [3.8, 4) is 11.3 Å². The van der Waals surface area contributed by atoms with Gasteiger partial charge in [0.1, 0.15) is 5.83 Å². The Morgan fingerprint density at radius 3 is 2.59 bits per heavy atom. The van der Waals surface area contributed by atoms with Crippen LogP contribution in [-0.4, -0.2) is 21.7 Å². The monoisotopic (exact) mass is 230 g/mol. The first-order valence-electron chi connectivity index (χ1n) is 5.13. The van der Waals surface area contributed by atoms with Crippen molar-refractivity contribution in [2.75, 3.05) is 6.61 Å². The molecule has 4 heteroatoms. The van der Waals surface area contributed by atoms with E-state index in [1.165, 1.54) is 6.08 Å². The molecular formula is C13H11FN2O. The van der Waals surface area contributed by atoms with Gasteiger partial charge in [-0.15, -0.1) is 0 Å². The van der Waals surface area contributed by atoms with Crippen LogP contribution in [0.25, 0.3) is 17.3 Å². The number of benzene rings is 1. The molecule has 0 amide bonds. The van der Waals surface area contributed by atoms with Crippen LogP contribution in [0.3, 0.4) is 0 Å². The third-order valence-corrected chi connectivity index (χ3v) is 2.24. The molecule has 1 heterocycles. The van der Waals surface area contributed by atoms with Crippen LogP contribution in [0.1, 0.15) is 5.56 Å². The lowest BCUT2D eigenvalue weighted by Crippen LogP contribution is -1.85. The van der Waals surface area contributed by atoms with E-state index in [1.54, 1.807) is 30.7 Å². The van der Waals surface area contributed by atoms with Crippen LogP contribution in [0.5, 0.6) is 0 Å². The Balaban J connectivity index is 2.25. The molecule has 0 saturated heterocycles. The highest BCUT2D eigenvalue weighted by molar-refractivity contribution is 5.62. The topological polar surface area (TPSA) is 46.0 Å². The summed E-state index contributed by atoms with van der Waals surface area (Å²) in [5.74, 6) is -0.558. The first-order valence-corrected chi connectivity index (χ1v) is 5.13. The number of rotatable bonds is 3. The van der Waals surface area contributed by atoms with Crippen molar-refractivity contribution >= 4 is 6.08 Å². The molecule has 3 nitrogen and oxygen atoms in total. The number of aliphatic hydroxyl groups excluding tert-OH is 1. The van der Waals surface area contributed by atoms with Crippen molar-refractivity contribution in [3.63, 3.8) is 0 Å². The van der Waals surface area contributed by atoms with Crippen LogP contribution >= 0.6 is 0 Å². The van der Waals surface area contributed by atoms with Gasteiger partial charge in [-0.3, -0.25) is 9.97 Å². The van der Waals surface area contributed by atoms with Crippen molar-refractivity contribution in [3.05, 3.63) is 54.2 Å². The van der Waals surface area contributed by atoms with Gasteiger partial charge in [0.15, 0.2) is 0 Å². The SMILES string of the molecule is OC/C(F)=C\c1ccc(-c2cnccn2)cc1. The van der Waals surface area contributed by atoms with Gasteiger partial charge in [0.25, 0.3) is 0 Å². The van der Waals surface area contributed by atoms with Gasteiger partial charge in [0, 0.05) is 18.0 Å². The Morgan fingerprint density at radius 2 is 2.00 bits per heavy atom. The molecule has 0 aliphatic rings. The standard InChI is InChI=1S/C13H11FN2O/c14-12(9-17)7-10-1-3-11(4-2-10)13-8-15-5-6-16-13/h1-8,17H,9H2/b12-7+. The molecule has 1 aromatic carbocycles. The number of halogens is 1. The summed E-state index contributed by atoms with van der Waals surface area (Å²) in [5, 5.41) is 8.57. The zero-order valence-corrected chi connectivity index (χ0v) is 9.05. The number of aromatic nitrogens is 2. The van der Waals surface area contributed by atoms with E-state index in [4.69, 9.17) is 5.11 Å². The van der Waals surface area contributed by atoms with E-state index in [0.717, 1.165) is 11.3 Å². The van der Waals surface area contributed by atoms with Crippen LogP contribution in [-0.2, 0) is 0 Å². The molecule has 2 rings (SSSR count). The van der Waals surface area contributed by atoms with Crippen molar-refractivity contribution in [2.24, 2.45) is 0 Å². The summed E-state index contributed by atoms with van der Waals surface area (Å²) in [4.78, 5) is 8.14. The third-order valence-electron chi connectivity index (χ3n) is 2.24. The molecule has 86 valence electrons. The van der Waals surface area contributed by atoms with Gasteiger partial charge in [0.2, 0.25) is 0 Å². The summed E-state index contributed by atoms with van der Waals surface area (Å²) < 4.78 is 12.8. The van der Waals surface area contributed by atoms with Crippen LogP contribution in [0.2, 0.25) is 0 Å². The molecule has 2 aromatic rings. The molecule has 0 aliphatic carbocycles. The molecule has 0 spiro atoms. The number of hydrogen-bond acceptors (Lipinski definition) is 3. The molecule has 17 heavy (non-hydrogen) atoms. The molecule has 0 saturated carbocycles. The number of nitrogens with zero attached hydrogens (tertiary/aromatic N) is 2. The molecule has 0 aliphatic heterocycles. The summed E-state index contributed by atoms with van der Waals surface area (Å²) in [6.45, 7) is -0.577. The average molecular weight is 230 g/mol. The second-order valence-electron chi connectivity index (χ2n) is 3.46. The van der Waals surface area contributed by atoms with Gasteiger partial charge in [-0.25, -0.2) is 4.39 Å². The van der Waals surface area contributed by atoms with Crippen molar-refractivity contribution < 1.29 is 9.50 Å². The highest BCUT2D eigenvalue weighted by Gasteiger charge is 1.99. The molecule has 1 N–H and O–H groups in total. The van der Waals surface area contributed by atoms with Gasteiger partial charge in [0.05, 0.1) is 18.5 Å². The van der Waals surface area contributed by atoms with Gasteiger partial charge < -0.3 is 5.11 Å². The summed E-state index contributed by atoms with van der Waals surface area (Å²) in [6, 6.07) is 7.19. The Hall–Kier alpha value is -2.07. The molecular weight excluding hydrogens is 219 g/mol. The van der Waals surface area contributed by atoms with Crippen LogP contribution in [0, 0.1) is 0 Å². The molecule has 0 atom stereocenters.